The number of rotatable bonds is 0. The molecule has 54 valence electrons. The lowest BCUT2D eigenvalue weighted by atomic mass is 10.4. The largest absolute Gasteiger partial charge is 0.406 e. The van der Waals surface area contributed by atoms with Crippen LogP contribution in [0.15, 0.2) is 19.7 Å². The highest BCUT2D eigenvalue weighted by molar-refractivity contribution is 14.1. The molecule has 2 aliphatic heterocycles. The van der Waals surface area contributed by atoms with Crippen LogP contribution in [0.4, 0.5) is 0 Å². The molecule has 0 aromatic heterocycles. The van der Waals surface area contributed by atoms with E-state index in [4.69, 9.17) is 8.37 Å². The van der Waals surface area contributed by atoms with Crippen molar-refractivity contribution in [3.05, 3.63) is 19.7 Å². The molecule has 0 amide bonds. The van der Waals surface area contributed by atoms with E-state index >= 15 is 0 Å². The molecule has 0 aliphatic carbocycles. The van der Waals surface area contributed by atoms with Gasteiger partial charge in [-0.2, -0.15) is 0 Å². The van der Waals surface area contributed by atoms with Gasteiger partial charge >= 0.3 is 0 Å². The van der Waals surface area contributed by atoms with E-state index in [9.17, 15) is 0 Å². The topological polar surface area (TPSA) is 18.5 Å². The number of hydrogen-bond donors (Lipinski definition) is 0. The Morgan fingerprint density at radius 3 is 2.00 bits per heavy atom. The third kappa shape index (κ3) is 1.02. The lowest BCUT2D eigenvalue weighted by molar-refractivity contribution is 0.459. The molecule has 0 radical (unpaired) electrons. The Labute approximate surface area is 88.3 Å². The van der Waals surface area contributed by atoms with Crippen molar-refractivity contribution in [2.45, 2.75) is 0 Å². The number of hydrogen-bond acceptors (Lipinski definition) is 2. The highest BCUT2D eigenvalue weighted by Gasteiger charge is 2.25. The first kappa shape index (κ1) is 7.41. The van der Waals surface area contributed by atoms with E-state index in [-0.39, 0.29) is 0 Å². The Bertz CT molecular complexity index is 253. The Hall–Kier alpha value is 0.760. The van der Waals surface area contributed by atoms with Crippen LogP contribution in [0.3, 0.4) is 0 Å². The van der Waals surface area contributed by atoms with E-state index in [2.05, 4.69) is 45.2 Å². The van der Waals surface area contributed by atoms with Gasteiger partial charge in [0.2, 0.25) is 0 Å². The minimum Gasteiger partial charge on any atom is -0.406 e. The second-order valence-electron chi connectivity index (χ2n) is 1.69. The average Bonchev–Trinajstić information content (AvgIpc) is 2.40. The highest BCUT2D eigenvalue weighted by Crippen LogP contribution is 2.42. The average molecular weight is 380 g/mol. The summed E-state index contributed by atoms with van der Waals surface area (Å²) in [7, 11) is 0. The second-order valence-corrected chi connectivity index (χ2v) is 5.27. The quantitative estimate of drug-likeness (QED) is 0.476. The molecule has 0 aromatic carbocycles. The molecule has 0 spiro atoms. The standard InChI is InChI=1S/C5H2I2O2S/c6-3-1-8-10-5(3)4(7)2-9-10/h1-2H. The van der Waals surface area contributed by atoms with E-state index in [1.54, 1.807) is 12.5 Å². The van der Waals surface area contributed by atoms with Gasteiger partial charge in [0.25, 0.3) is 0 Å². The molecular weight excluding hydrogens is 378 g/mol. The molecule has 2 rings (SSSR count). The van der Waals surface area contributed by atoms with Crippen LogP contribution in [0.5, 0.6) is 0 Å². The van der Waals surface area contributed by atoms with Gasteiger partial charge in [-0.1, -0.05) is 0 Å². The highest BCUT2D eigenvalue weighted by atomic mass is 127. The molecule has 0 aromatic rings. The molecule has 5 heteroatoms. The summed E-state index contributed by atoms with van der Waals surface area (Å²) < 4.78 is 12.7. The summed E-state index contributed by atoms with van der Waals surface area (Å²) in [6.45, 7) is 0. The van der Waals surface area contributed by atoms with Gasteiger partial charge in [0.05, 0.1) is 7.16 Å². The summed E-state index contributed by atoms with van der Waals surface area (Å²) in [5, 5.41) is 0. The summed E-state index contributed by atoms with van der Waals surface area (Å²) in [6.07, 6.45) is 3.48. The Kier molecular flexibility index (Phi) is 1.98. The fraction of sp³-hybridized carbons (Fsp3) is 0. The van der Waals surface area contributed by atoms with Gasteiger partial charge in [0.1, 0.15) is 17.4 Å². The molecule has 0 N–H and O–H groups in total. The maximum atomic E-state index is 5.20. The SMILES string of the molecule is IC1=COS2=C1C(I)=CO2. The van der Waals surface area contributed by atoms with Crippen LogP contribution < -0.4 is 0 Å². The molecule has 0 saturated heterocycles. The van der Waals surface area contributed by atoms with E-state index < -0.39 is 11.0 Å². The molecule has 2 nitrogen and oxygen atoms in total. The molecule has 0 atom stereocenters. The molecule has 0 bridgehead atoms. The molecule has 0 fully saturated rings. The van der Waals surface area contributed by atoms with Crippen molar-refractivity contribution in [1.29, 1.82) is 0 Å². The van der Waals surface area contributed by atoms with Crippen LogP contribution in [0.2, 0.25) is 0 Å². The summed E-state index contributed by atoms with van der Waals surface area (Å²) in [4.78, 5) is 1.20. The van der Waals surface area contributed by atoms with Crippen molar-refractivity contribution in [3.8, 4) is 0 Å². The van der Waals surface area contributed by atoms with Gasteiger partial charge in [-0.05, 0) is 45.2 Å². The normalized spacial score (nSPS) is 23.2. The molecule has 2 aliphatic rings. The van der Waals surface area contributed by atoms with Crippen LogP contribution in [0.25, 0.3) is 0 Å². The first-order chi connectivity index (χ1) is 4.79. The third-order valence-corrected chi connectivity index (χ3v) is 4.71. The summed E-state index contributed by atoms with van der Waals surface area (Å²) in [6, 6.07) is 0. The maximum absolute atomic E-state index is 5.20. The number of halogens is 2. The fourth-order valence-corrected chi connectivity index (χ4v) is 4.47. The van der Waals surface area contributed by atoms with E-state index in [1.807, 2.05) is 0 Å². The molecule has 0 unspecified atom stereocenters. The van der Waals surface area contributed by atoms with Crippen molar-refractivity contribution < 1.29 is 8.37 Å². The van der Waals surface area contributed by atoms with E-state index in [1.165, 1.54) is 4.86 Å². The molecular formula is C5H2I2O2S. The van der Waals surface area contributed by atoms with Gasteiger partial charge < -0.3 is 8.37 Å². The predicted molar refractivity (Wildman–Crippen MR) is 59.0 cm³/mol. The molecule has 10 heavy (non-hydrogen) atoms. The number of allylic oxidation sites excluding steroid dienone is 2. The Morgan fingerprint density at radius 2 is 1.60 bits per heavy atom. The summed E-state index contributed by atoms with van der Waals surface area (Å²) in [5.41, 5.74) is 0. The van der Waals surface area contributed by atoms with Crippen molar-refractivity contribution in [2.24, 2.45) is 0 Å². The third-order valence-electron chi connectivity index (χ3n) is 1.08. The van der Waals surface area contributed by atoms with Crippen molar-refractivity contribution in [2.75, 3.05) is 0 Å². The Morgan fingerprint density at radius 1 is 1.10 bits per heavy atom. The van der Waals surface area contributed by atoms with Crippen LogP contribution in [0.1, 0.15) is 0 Å². The summed E-state index contributed by atoms with van der Waals surface area (Å²) >= 11 is 4.08. The van der Waals surface area contributed by atoms with Crippen molar-refractivity contribution >= 4 is 61.1 Å². The maximum Gasteiger partial charge on any atom is 0.193 e. The van der Waals surface area contributed by atoms with Crippen molar-refractivity contribution in [1.82, 2.24) is 0 Å². The van der Waals surface area contributed by atoms with E-state index in [0.29, 0.717) is 0 Å². The van der Waals surface area contributed by atoms with Gasteiger partial charge in [0, 0.05) is 0 Å². The second kappa shape index (κ2) is 2.67. The lowest BCUT2D eigenvalue weighted by Gasteiger charge is -1.95. The minimum absolute atomic E-state index is 0.412. The lowest BCUT2D eigenvalue weighted by Crippen LogP contribution is -1.88. The zero-order valence-corrected chi connectivity index (χ0v) is 9.77. The molecule has 0 saturated carbocycles. The van der Waals surface area contributed by atoms with Gasteiger partial charge in [0.15, 0.2) is 11.0 Å². The van der Waals surface area contributed by atoms with Crippen LogP contribution >= 0.6 is 56.2 Å². The van der Waals surface area contributed by atoms with E-state index in [0.717, 1.165) is 7.16 Å². The van der Waals surface area contributed by atoms with Gasteiger partial charge in [-0.3, -0.25) is 0 Å². The van der Waals surface area contributed by atoms with Crippen LogP contribution in [0, 0.1) is 0 Å². The van der Waals surface area contributed by atoms with Crippen LogP contribution in [-0.4, -0.2) is 4.86 Å². The first-order valence-electron chi connectivity index (χ1n) is 2.46. The Balaban J connectivity index is 2.46. The first-order valence-corrected chi connectivity index (χ1v) is 5.70. The molecule has 2 heterocycles. The fourth-order valence-electron chi connectivity index (χ4n) is 0.671. The van der Waals surface area contributed by atoms with Gasteiger partial charge in [-0.25, -0.2) is 0 Å². The minimum atomic E-state index is -0.412. The van der Waals surface area contributed by atoms with Gasteiger partial charge in [-0.15, -0.1) is 0 Å². The van der Waals surface area contributed by atoms with Crippen molar-refractivity contribution in [3.63, 3.8) is 0 Å². The summed E-state index contributed by atoms with van der Waals surface area (Å²) in [5.74, 6) is 0. The predicted octanol–water partition coefficient (Wildman–Crippen LogP) is 2.87. The van der Waals surface area contributed by atoms with Crippen LogP contribution in [-0.2, 0) is 8.37 Å². The monoisotopic (exact) mass is 380 g/mol. The smallest absolute Gasteiger partial charge is 0.193 e. The zero-order chi connectivity index (χ0) is 7.14. The zero-order valence-electron chi connectivity index (χ0n) is 4.64.